The van der Waals surface area contributed by atoms with Gasteiger partial charge in [0.2, 0.25) is 4.80 Å². The number of sulfonamides is 1. The number of ether oxygens (including phenoxy) is 2. The summed E-state index contributed by atoms with van der Waals surface area (Å²) < 4.78 is 40.4. The van der Waals surface area contributed by atoms with Gasteiger partial charge in [0.15, 0.2) is 0 Å². The van der Waals surface area contributed by atoms with E-state index in [1.54, 1.807) is 23.6 Å². The molecule has 3 aromatic rings. The van der Waals surface area contributed by atoms with E-state index in [0.717, 1.165) is 22.7 Å². The molecule has 142 valence electrons. The lowest BCUT2D eigenvalue weighted by Gasteiger charge is -2.04. The molecule has 27 heavy (non-hydrogen) atoms. The van der Waals surface area contributed by atoms with Gasteiger partial charge in [0.1, 0.15) is 10.8 Å². The van der Waals surface area contributed by atoms with Crippen molar-refractivity contribution in [3.8, 4) is 0 Å². The third-order valence-corrected chi connectivity index (χ3v) is 7.36. The van der Waals surface area contributed by atoms with Crippen LogP contribution in [0.4, 0.5) is 0 Å². The molecule has 0 aliphatic rings. The van der Waals surface area contributed by atoms with E-state index >= 15 is 0 Å². The van der Waals surface area contributed by atoms with Crippen molar-refractivity contribution in [3.05, 3.63) is 46.1 Å². The van der Waals surface area contributed by atoms with Crippen LogP contribution in [0, 0.1) is 0 Å². The molecule has 0 saturated heterocycles. The van der Waals surface area contributed by atoms with Gasteiger partial charge in [0.25, 0.3) is 10.0 Å². The second kappa shape index (κ2) is 7.62. The maximum Gasteiger partial charge on any atom is 0.337 e. The van der Waals surface area contributed by atoms with Gasteiger partial charge in [-0.2, -0.15) is 8.42 Å². The van der Waals surface area contributed by atoms with Crippen LogP contribution >= 0.6 is 22.7 Å². The zero-order chi connectivity index (χ0) is 19.6. The summed E-state index contributed by atoms with van der Waals surface area (Å²) >= 11 is 2.10. The average molecular weight is 426 g/mol. The summed E-state index contributed by atoms with van der Waals surface area (Å²) in [6, 6.07) is 7.78. The first-order valence-corrected chi connectivity index (χ1v) is 10.6. The van der Waals surface area contributed by atoms with Crippen LogP contribution in [0.5, 0.6) is 0 Å². The topological polar surface area (TPSA) is 104 Å². The molecule has 0 unspecified atom stereocenters. The Hall–Kier alpha value is -2.50. The van der Waals surface area contributed by atoms with Crippen molar-refractivity contribution in [2.24, 2.45) is 4.40 Å². The summed E-state index contributed by atoms with van der Waals surface area (Å²) in [5.74, 6) is -1.07. The molecule has 11 heteroatoms. The van der Waals surface area contributed by atoms with Crippen LogP contribution in [0.2, 0.25) is 0 Å². The van der Waals surface area contributed by atoms with E-state index < -0.39 is 22.0 Å². The first kappa shape index (κ1) is 19.3. The highest BCUT2D eigenvalue weighted by molar-refractivity contribution is 7.92. The summed E-state index contributed by atoms with van der Waals surface area (Å²) in [5.41, 5.74) is 0.863. The molecule has 0 aliphatic carbocycles. The van der Waals surface area contributed by atoms with Gasteiger partial charge in [-0.15, -0.1) is 15.7 Å². The summed E-state index contributed by atoms with van der Waals surface area (Å²) in [6.45, 7) is -0.215. The molecule has 2 aromatic heterocycles. The number of hydrogen-bond donors (Lipinski definition) is 0. The second-order valence-electron chi connectivity index (χ2n) is 5.22. The number of carbonyl (C=O) groups excluding carboxylic acids is 2. The Morgan fingerprint density at radius 1 is 1.19 bits per heavy atom. The lowest BCUT2D eigenvalue weighted by atomic mass is 10.2. The number of rotatable bonds is 5. The third-order valence-electron chi connectivity index (χ3n) is 3.57. The minimum Gasteiger partial charge on any atom is -0.468 e. The van der Waals surface area contributed by atoms with Crippen molar-refractivity contribution < 1.29 is 27.5 Å². The zero-order valence-corrected chi connectivity index (χ0v) is 16.7. The second-order valence-corrected chi connectivity index (χ2v) is 9.01. The van der Waals surface area contributed by atoms with Gasteiger partial charge in [-0.05, 0) is 29.6 Å². The lowest BCUT2D eigenvalue weighted by Crippen LogP contribution is -2.22. The third kappa shape index (κ3) is 3.94. The number of methoxy groups -OCH3 is 2. The Kier molecular flexibility index (Phi) is 5.44. The predicted octanol–water partition coefficient (Wildman–Crippen LogP) is 2.01. The molecular weight excluding hydrogens is 412 g/mol. The summed E-state index contributed by atoms with van der Waals surface area (Å²) in [7, 11) is -1.41. The van der Waals surface area contributed by atoms with E-state index in [-0.39, 0.29) is 15.6 Å². The van der Waals surface area contributed by atoms with Crippen molar-refractivity contribution in [1.29, 1.82) is 0 Å². The molecular formula is C16H14N2O6S3. The Bertz CT molecular complexity index is 1170. The maximum atomic E-state index is 12.5. The van der Waals surface area contributed by atoms with Gasteiger partial charge in [-0.3, -0.25) is 4.79 Å². The van der Waals surface area contributed by atoms with Crippen LogP contribution in [-0.2, 0) is 30.8 Å². The largest absolute Gasteiger partial charge is 0.468 e. The lowest BCUT2D eigenvalue weighted by molar-refractivity contribution is -0.141. The van der Waals surface area contributed by atoms with E-state index in [2.05, 4.69) is 4.40 Å². The average Bonchev–Trinajstić information content (AvgIpc) is 3.29. The SMILES string of the molecule is COC(=O)Cn1/c(=N/S(=O)(=O)c2cccs2)sc2cc(C(=O)OC)ccc21. The minimum absolute atomic E-state index is 0.0971. The van der Waals surface area contributed by atoms with Crippen LogP contribution in [0.1, 0.15) is 10.4 Å². The van der Waals surface area contributed by atoms with E-state index in [9.17, 15) is 18.0 Å². The van der Waals surface area contributed by atoms with Gasteiger partial charge < -0.3 is 14.0 Å². The van der Waals surface area contributed by atoms with Crippen LogP contribution < -0.4 is 4.80 Å². The van der Waals surface area contributed by atoms with E-state index in [4.69, 9.17) is 9.47 Å². The summed E-state index contributed by atoms with van der Waals surface area (Å²) in [5, 5.41) is 1.64. The maximum absolute atomic E-state index is 12.5. The summed E-state index contributed by atoms with van der Waals surface area (Å²) in [4.78, 5) is 23.6. The van der Waals surface area contributed by atoms with Crippen molar-refractivity contribution in [3.63, 3.8) is 0 Å². The van der Waals surface area contributed by atoms with Crippen LogP contribution in [0.25, 0.3) is 10.2 Å². The van der Waals surface area contributed by atoms with E-state index in [1.807, 2.05) is 0 Å². The van der Waals surface area contributed by atoms with Crippen LogP contribution in [0.3, 0.4) is 0 Å². The molecule has 0 N–H and O–H groups in total. The van der Waals surface area contributed by atoms with Crippen molar-refractivity contribution >= 4 is 54.9 Å². The van der Waals surface area contributed by atoms with Gasteiger partial charge in [0, 0.05) is 0 Å². The number of hydrogen-bond acceptors (Lipinski definition) is 8. The monoisotopic (exact) mass is 426 g/mol. The summed E-state index contributed by atoms with van der Waals surface area (Å²) in [6.07, 6.45) is 0. The number of benzene rings is 1. The van der Waals surface area contributed by atoms with Gasteiger partial charge in [0.05, 0.1) is 30.0 Å². The van der Waals surface area contributed by atoms with Crippen molar-refractivity contribution in [1.82, 2.24) is 4.57 Å². The fourth-order valence-electron chi connectivity index (χ4n) is 2.29. The minimum atomic E-state index is -3.92. The van der Waals surface area contributed by atoms with E-state index in [1.165, 1.54) is 30.9 Å². The van der Waals surface area contributed by atoms with Crippen LogP contribution in [-0.4, -0.2) is 39.1 Å². The van der Waals surface area contributed by atoms with Crippen molar-refractivity contribution in [2.45, 2.75) is 10.8 Å². The van der Waals surface area contributed by atoms with Gasteiger partial charge in [-0.1, -0.05) is 17.4 Å². The number of thiazole rings is 1. The molecule has 3 rings (SSSR count). The molecule has 1 aromatic carbocycles. The van der Waals surface area contributed by atoms with Crippen molar-refractivity contribution in [2.75, 3.05) is 14.2 Å². The first-order valence-electron chi connectivity index (χ1n) is 7.49. The highest BCUT2D eigenvalue weighted by Crippen LogP contribution is 2.22. The molecule has 0 atom stereocenters. The fourth-order valence-corrected chi connectivity index (χ4v) is 5.53. The molecule has 0 fully saturated rings. The Morgan fingerprint density at radius 3 is 2.59 bits per heavy atom. The molecule has 0 spiro atoms. The van der Waals surface area contributed by atoms with Gasteiger partial charge >= 0.3 is 11.9 Å². The number of aromatic nitrogens is 1. The van der Waals surface area contributed by atoms with E-state index in [0.29, 0.717) is 15.8 Å². The first-order chi connectivity index (χ1) is 12.9. The quantitative estimate of drug-likeness (QED) is 0.578. The molecule has 0 amide bonds. The standard InChI is InChI=1S/C16H14N2O6S3/c1-23-13(19)9-18-11-6-5-10(15(20)24-2)8-12(11)26-16(18)17-27(21,22)14-4-3-7-25-14/h3-8H,9H2,1-2H3/b17-16-. The highest BCUT2D eigenvalue weighted by Gasteiger charge is 2.18. The number of esters is 2. The number of thiophene rings is 1. The Morgan fingerprint density at radius 2 is 1.96 bits per heavy atom. The van der Waals surface area contributed by atoms with Crippen LogP contribution in [0.15, 0.2) is 44.3 Å². The normalized spacial score (nSPS) is 12.3. The predicted molar refractivity (Wildman–Crippen MR) is 100 cm³/mol. The molecule has 2 heterocycles. The molecule has 8 nitrogen and oxygen atoms in total. The molecule has 0 bridgehead atoms. The number of fused-ring (bicyclic) bond motifs is 1. The molecule has 0 saturated carbocycles. The number of carbonyl (C=O) groups is 2. The van der Waals surface area contributed by atoms with Gasteiger partial charge in [-0.25, -0.2) is 4.79 Å². The molecule has 0 radical (unpaired) electrons. The number of nitrogens with zero attached hydrogens (tertiary/aromatic N) is 2. The zero-order valence-electron chi connectivity index (χ0n) is 14.2. The smallest absolute Gasteiger partial charge is 0.337 e. The highest BCUT2D eigenvalue weighted by atomic mass is 32.2. The Labute approximate surface area is 162 Å². The molecule has 0 aliphatic heterocycles. The fraction of sp³-hybridized carbons (Fsp3) is 0.188. The Balaban J connectivity index is 2.23.